The van der Waals surface area contributed by atoms with E-state index < -0.39 is 0 Å². The van der Waals surface area contributed by atoms with Crippen molar-refractivity contribution in [2.24, 2.45) is 0 Å². The first-order valence-corrected chi connectivity index (χ1v) is 10.0. The lowest BCUT2D eigenvalue weighted by Crippen LogP contribution is -2.47. The average molecular weight is 394 g/mol. The maximum absolute atomic E-state index is 12.2. The van der Waals surface area contributed by atoms with Gasteiger partial charge >= 0.3 is 0 Å². The number of hydrogen-bond donors (Lipinski definition) is 1. The molecule has 1 atom stereocenters. The third-order valence-corrected chi connectivity index (χ3v) is 5.28. The summed E-state index contributed by atoms with van der Waals surface area (Å²) in [6.07, 6.45) is 6.02. The van der Waals surface area contributed by atoms with Crippen molar-refractivity contribution in [1.29, 1.82) is 0 Å². The van der Waals surface area contributed by atoms with Crippen molar-refractivity contribution in [2.75, 3.05) is 36.0 Å². The molecule has 29 heavy (non-hydrogen) atoms. The zero-order valence-corrected chi connectivity index (χ0v) is 16.8. The van der Waals surface area contributed by atoms with Crippen LogP contribution in [0.25, 0.3) is 11.0 Å². The Hall–Kier alpha value is -3.23. The van der Waals surface area contributed by atoms with E-state index in [1.54, 1.807) is 17.2 Å². The van der Waals surface area contributed by atoms with Crippen molar-refractivity contribution in [3.8, 4) is 0 Å². The van der Waals surface area contributed by atoms with E-state index in [-0.39, 0.29) is 18.5 Å². The summed E-state index contributed by atoms with van der Waals surface area (Å²) in [5.74, 6) is 1.80. The molecular formula is C20H26N8O. The summed E-state index contributed by atoms with van der Waals surface area (Å²) < 4.78 is 1.64. The van der Waals surface area contributed by atoms with E-state index in [1.165, 1.54) is 0 Å². The summed E-state index contributed by atoms with van der Waals surface area (Å²) in [5.41, 5.74) is 0.682. The van der Waals surface area contributed by atoms with E-state index in [2.05, 4.69) is 35.2 Å². The van der Waals surface area contributed by atoms with Gasteiger partial charge in [-0.1, -0.05) is 13.0 Å². The van der Waals surface area contributed by atoms with Crippen molar-refractivity contribution in [3.63, 3.8) is 0 Å². The standard InChI is InChI=1S/C20H26N8O/c1-3-15(2)25-18(29)13-28-20-16(12-24-28)19(22-14-23-20)27-10-8-26(9-11-27)17-6-4-5-7-21-17/h4-7,12,14-15H,3,8-11,13H2,1-2H3,(H,25,29)/t15-/m0/s1. The number of pyridine rings is 1. The Balaban J connectivity index is 1.48. The molecule has 1 amide bonds. The summed E-state index contributed by atoms with van der Waals surface area (Å²) in [4.78, 5) is 30.1. The van der Waals surface area contributed by atoms with Gasteiger partial charge in [-0.15, -0.1) is 0 Å². The smallest absolute Gasteiger partial charge is 0.242 e. The van der Waals surface area contributed by atoms with Gasteiger partial charge in [0, 0.05) is 38.4 Å². The molecule has 1 aliphatic rings. The molecule has 0 radical (unpaired) electrons. The fourth-order valence-electron chi connectivity index (χ4n) is 3.50. The third-order valence-electron chi connectivity index (χ3n) is 5.28. The number of carbonyl (C=O) groups is 1. The van der Waals surface area contributed by atoms with Gasteiger partial charge in [0.05, 0.1) is 11.6 Å². The minimum atomic E-state index is -0.0616. The summed E-state index contributed by atoms with van der Waals surface area (Å²) in [6, 6.07) is 6.12. The molecule has 1 aliphatic heterocycles. The average Bonchev–Trinajstić information content (AvgIpc) is 3.17. The number of carbonyl (C=O) groups excluding carboxylic acids is 1. The van der Waals surface area contributed by atoms with Gasteiger partial charge in [-0.05, 0) is 25.5 Å². The number of amides is 1. The van der Waals surface area contributed by atoms with Crippen LogP contribution >= 0.6 is 0 Å². The van der Waals surface area contributed by atoms with Crippen LogP contribution in [0.5, 0.6) is 0 Å². The second kappa shape index (κ2) is 8.42. The van der Waals surface area contributed by atoms with Crippen LogP contribution in [0.1, 0.15) is 20.3 Å². The van der Waals surface area contributed by atoms with Crippen LogP contribution in [0.3, 0.4) is 0 Å². The third kappa shape index (κ3) is 4.13. The lowest BCUT2D eigenvalue weighted by molar-refractivity contribution is -0.122. The first kappa shape index (κ1) is 19.1. The first-order valence-electron chi connectivity index (χ1n) is 10.0. The van der Waals surface area contributed by atoms with E-state index in [0.29, 0.717) is 5.65 Å². The van der Waals surface area contributed by atoms with Crippen molar-refractivity contribution in [1.82, 2.24) is 30.0 Å². The highest BCUT2D eigenvalue weighted by Crippen LogP contribution is 2.24. The molecule has 3 aromatic heterocycles. The van der Waals surface area contributed by atoms with Crippen LogP contribution in [0.4, 0.5) is 11.6 Å². The maximum atomic E-state index is 12.2. The molecule has 1 saturated heterocycles. The highest BCUT2D eigenvalue weighted by molar-refractivity contribution is 5.88. The van der Waals surface area contributed by atoms with Gasteiger partial charge in [0.1, 0.15) is 24.5 Å². The van der Waals surface area contributed by atoms with E-state index in [4.69, 9.17) is 0 Å². The fraction of sp³-hybridized carbons (Fsp3) is 0.450. The predicted octanol–water partition coefficient (Wildman–Crippen LogP) is 1.46. The quantitative estimate of drug-likeness (QED) is 0.677. The second-order valence-corrected chi connectivity index (χ2v) is 7.28. The molecule has 3 aromatic rings. The Labute approximate surface area is 169 Å². The molecule has 0 aromatic carbocycles. The largest absolute Gasteiger partial charge is 0.353 e. The van der Waals surface area contributed by atoms with Crippen LogP contribution in [0.2, 0.25) is 0 Å². The summed E-state index contributed by atoms with van der Waals surface area (Å²) in [6.45, 7) is 7.59. The zero-order chi connectivity index (χ0) is 20.2. The Bertz CT molecular complexity index is 965. The molecule has 0 unspecified atom stereocenters. The lowest BCUT2D eigenvalue weighted by atomic mass is 10.2. The topological polar surface area (TPSA) is 92.1 Å². The van der Waals surface area contributed by atoms with Gasteiger partial charge in [-0.25, -0.2) is 19.6 Å². The molecule has 9 heteroatoms. The van der Waals surface area contributed by atoms with Crippen LogP contribution in [-0.2, 0) is 11.3 Å². The van der Waals surface area contributed by atoms with Gasteiger partial charge < -0.3 is 15.1 Å². The Morgan fingerprint density at radius 3 is 2.66 bits per heavy atom. The molecule has 0 aliphatic carbocycles. The normalized spacial score (nSPS) is 15.5. The predicted molar refractivity (Wildman–Crippen MR) is 112 cm³/mol. The van der Waals surface area contributed by atoms with E-state index in [0.717, 1.165) is 49.6 Å². The van der Waals surface area contributed by atoms with E-state index >= 15 is 0 Å². The SMILES string of the molecule is CC[C@H](C)NC(=O)Cn1ncc2c(N3CCN(c4ccccn4)CC3)ncnc21. The van der Waals surface area contributed by atoms with Crippen LogP contribution in [0.15, 0.2) is 36.9 Å². The minimum absolute atomic E-state index is 0.0616. The molecule has 4 heterocycles. The molecule has 0 saturated carbocycles. The van der Waals surface area contributed by atoms with Gasteiger partial charge in [0.2, 0.25) is 5.91 Å². The number of anilines is 2. The number of aromatic nitrogens is 5. The molecule has 4 rings (SSSR count). The van der Waals surface area contributed by atoms with E-state index in [1.807, 2.05) is 38.2 Å². The number of nitrogens with one attached hydrogen (secondary N) is 1. The Morgan fingerprint density at radius 1 is 1.14 bits per heavy atom. The lowest BCUT2D eigenvalue weighted by Gasteiger charge is -2.36. The molecule has 0 bridgehead atoms. The molecule has 1 N–H and O–H groups in total. The molecule has 152 valence electrons. The van der Waals surface area contributed by atoms with Gasteiger partial charge in [-0.3, -0.25) is 4.79 Å². The van der Waals surface area contributed by atoms with Crippen LogP contribution < -0.4 is 15.1 Å². The second-order valence-electron chi connectivity index (χ2n) is 7.28. The summed E-state index contributed by atoms with van der Waals surface area (Å²) in [5, 5.41) is 8.23. The number of rotatable bonds is 6. The van der Waals surface area contributed by atoms with Crippen molar-refractivity contribution >= 4 is 28.6 Å². The van der Waals surface area contributed by atoms with Crippen molar-refractivity contribution < 1.29 is 4.79 Å². The summed E-state index contributed by atoms with van der Waals surface area (Å²) in [7, 11) is 0. The molecule has 1 fully saturated rings. The highest BCUT2D eigenvalue weighted by atomic mass is 16.2. The number of fused-ring (bicyclic) bond motifs is 1. The van der Waals surface area contributed by atoms with Crippen molar-refractivity contribution in [3.05, 3.63) is 36.9 Å². The molecule has 9 nitrogen and oxygen atoms in total. The Morgan fingerprint density at radius 2 is 1.93 bits per heavy atom. The number of nitrogens with zero attached hydrogens (tertiary/aromatic N) is 7. The maximum Gasteiger partial charge on any atom is 0.242 e. The first-order chi connectivity index (χ1) is 14.2. The van der Waals surface area contributed by atoms with Gasteiger partial charge in [-0.2, -0.15) is 5.10 Å². The number of piperazine rings is 1. The molecular weight excluding hydrogens is 368 g/mol. The minimum Gasteiger partial charge on any atom is -0.353 e. The number of hydrogen-bond acceptors (Lipinski definition) is 7. The zero-order valence-electron chi connectivity index (χ0n) is 16.8. The van der Waals surface area contributed by atoms with Gasteiger partial charge in [0.15, 0.2) is 5.65 Å². The monoisotopic (exact) mass is 394 g/mol. The fourth-order valence-corrected chi connectivity index (χ4v) is 3.50. The Kier molecular flexibility index (Phi) is 5.55. The van der Waals surface area contributed by atoms with Crippen molar-refractivity contribution in [2.45, 2.75) is 32.9 Å². The molecule has 0 spiro atoms. The highest BCUT2D eigenvalue weighted by Gasteiger charge is 2.22. The van der Waals surface area contributed by atoms with E-state index in [9.17, 15) is 4.79 Å². The van der Waals surface area contributed by atoms with Crippen LogP contribution in [0, 0.1) is 0 Å². The summed E-state index contributed by atoms with van der Waals surface area (Å²) >= 11 is 0. The van der Waals surface area contributed by atoms with Gasteiger partial charge in [0.25, 0.3) is 0 Å². The van der Waals surface area contributed by atoms with Crippen LogP contribution in [-0.4, -0.2) is 62.9 Å².